The van der Waals surface area contributed by atoms with Crippen molar-refractivity contribution >= 4 is 46.7 Å². The van der Waals surface area contributed by atoms with Crippen LogP contribution in [0.15, 0.2) is 81.1 Å². The van der Waals surface area contributed by atoms with Crippen LogP contribution in [0.5, 0.6) is 0 Å². The summed E-state index contributed by atoms with van der Waals surface area (Å²) < 4.78 is 10.2. The molecular formula is C46H44N4O4. The highest BCUT2D eigenvalue weighted by atomic mass is 16.5. The van der Waals surface area contributed by atoms with Crippen molar-refractivity contribution in [3.63, 3.8) is 0 Å². The third-order valence-corrected chi connectivity index (χ3v) is 12.1. The maximum Gasteiger partial charge on any atom is 0.305 e. The SMILES string of the molecule is COC(=O)CCc1c2[nH]c(c1C)/C=C1\N=C(Cc3[nH]c(c(C)c3CCC(=O)OC)/C=C3\N=C(C2)C2=C3c3ccccc3CC2)C2=C1c1ccccc1CC2. The molecule has 9 rings (SSSR count). The van der Waals surface area contributed by atoms with Gasteiger partial charge in [-0.15, -0.1) is 0 Å². The number of nitrogens with zero attached hydrogens (tertiary/aromatic N) is 2. The summed E-state index contributed by atoms with van der Waals surface area (Å²) in [5.74, 6) is -0.440. The van der Waals surface area contributed by atoms with E-state index in [2.05, 4.69) is 84.5 Å². The number of H-pyrrole nitrogens is 2. The molecule has 272 valence electrons. The van der Waals surface area contributed by atoms with E-state index >= 15 is 0 Å². The van der Waals surface area contributed by atoms with Crippen molar-refractivity contribution in [3.05, 3.63) is 138 Å². The van der Waals surface area contributed by atoms with Gasteiger partial charge in [0.1, 0.15) is 0 Å². The summed E-state index contributed by atoms with van der Waals surface area (Å²) in [7, 11) is 2.90. The second-order valence-electron chi connectivity index (χ2n) is 14.9. The van der Waals surface area contributed by atoms with Crippen LogP contribution in [0.3, 0.4) is 0 Å². The number of carbonyl (C=O) groups is 2. The molecule has 0 fully saturated rings. The predicted molar refractivity (Wildman–Crippen MR) is 213 cm³/mol. The van der Waals surface area contributed by atoms with Crippen LogP contribution in [0.2, 0.25) is 0 Å². The number of aromatic amines is 2. The van der Waals surface area contributed by atoms with E-state index in [-0.39, 0.29) is 11.9 Å². The first kappa shape index (κ1) is 34.0. The Hall–Kier alpha value is -5.76. The van der Waals surface area contributed by atoms with Gasteiger partial charge in [-0.3, -0.25) is 19.6 Å². The molecule has 2 aliphatic carbocycles. The fourth-order valence-electron chi connectivity index (χ4n) is 9.24. The van der Waals surface area contributed by atoms with E-state index in [1.165, 1.54) is 58.8 Å². The van der Waals surface area contributed by atoms with Gasteiger partial charge in [0.2, 0.25) is 0 Å². The summed E-state index contributed by atoms with van der Waals surface area (Å²) in [6.07, 6.45) is 11.1. The largest absolute Gasteiger partial charge is 0.469 e. The number of allylic oxidation sites excluding steroid dienone is 4. The van der Waals surface area contributed by atoms with Gasteiger partial charge in [0.05, 0.1) is 37.0 Å². The molecule has 2 aromatic carbocycles. The van der Waals surface area contributed by atoms with Gasteiger partial charge in [-0.05, 0) is 120 Å². The van der Waals surface area contributed by atoms with Gasteiger partial charge in [-0.25, -0.2) is 0 Å². The molecular weight excluding hydrogens is 673 g/mol. The molecule has 5 aliphatic rings. The number of ether oxygens (including phenoxy) is 2. The zero-order chi connectivity index (χ0) is 37.1. The molecule has 5 heterocycles. The van der Waals surface area contributed by atoms with E-state index in [0.29, 0.717) is 38.5 Å². The Morgan fingerprint density at radius 3 is 1.48 bits per heavy atom. The van der Waals surface area contributed by atoms with Crippen molar-refractivity contribution in [1.29, 1.82) is 0 Å². The van der Waals surface area contributed by atoms with Crippen molar-refractivity contribution in [2.24, 2.45) is 9.98 Å². The van der Waals surface area contributed by atoms with Gasteiger partial charge in [-0.1, -0.05) is 48.5 Å². The lowest BCUT2D eigenvalue weighted by Crippen LogP contribution is -2.12. The third kappa shape index (κ3) is 5.75. The fraction of sp³-hybridized carbons (Fsp3) is 0.304. The fourth-order valence-corrected chi connectivity index (χ4v) is 9.24. The highest BCUT2D eigenvalue weighted by Crippen LogP contribution is 2.46. The Morgan fingerprint density at radius 2 is 1.06 bits per heavy atom. The van der Waals surface area contributed by atoms with E-state index in [1.807, 2.05) is 0 Å². The second kappa shape index (κ2) is 13.6. The molecule has 0 atom stereocenters. The molecule has 3 aliphatic heterocycles. The van der Waals surface area contributed by atoms with E-state index in [4.69, 9.17) is 19.5 Å². The lowest BCUT2D eigenvalue weighted by molar-refractivity contribution is -0.141. The number of carbonyl (C=O) groups excluding carboxylic acids is 2. The van der Waals surface area contributed by atoms with Crippen LogP contribution in [0.1, 0.15) is 93.0 Å². The number of fused-ring (bicyclic) bond motifs is 14. The molecule has 0 unspecified atom stereocenters. The standard InChI is InChI=1S/C46H44N4O4/c1-25-29(17-19-43(51)53-3)37-23-39-33-15-13-28-10-6-8-12-32(28)46(33)42(50-39)22-36-26(2)30(18-20-44(52)54-4)38(48-36)24-40-34-16-14-27-9-5-7-11-31(27)45(34)41(49-40)21-35(25)47-37/h5-12,21-22,47-48H,13-20,23-24H2,1-4H3/b41-21-,42-22-. The molecule has 4 aromatic rings. The number of hydrogen-bond acceptors (Lipinski definition) is 6. The molecule has 0 spiro atoms. The molecule has 54 heavy (non-hydrogen) atoms. The molecule has 0 saturated carbocycles. The molecule has 8 nitrogen and oxygen atoms in total. The Morgan fingerprint density at radius 1 is 0.630 bits per heavy atom. The zero-order valence-corrected chi connectivity index (χ0v) is 31.4. The number of methoxy groups -OCH3 is 2. The molecule has 8 heteroatoms. The minimum atomic E-state index is -0.220. The quantitative estimate of drug-likeness (QED) is 0.196. The van der Waals surface area contributed by atoms with Crippen LogP contribution in [-0.2, 0) is 57.6 Å². The van der Waals surface area contributed by atoms with E-state index in [9.17, 15) is 9.59 Å². The number of aromatic nitrogens is 2. The molecule has 8 bridgehead atoms. The van der Waals surface area contributed by atoms with Crippen LogP contribution in [0.25, 0.3) is 23.3 Å². The molecule has 0 amide bonds. The smallest absolute Gasteiger partial charge is 0.305 e. The first-order valence-corrected chi connectivity index (χ1v) is 19.1. The average Bonchev–Trinajstić information content (AvgIpc) is 3.90. The maximum absolute atomic E-state index is 12.5. The number of rotatable bonds is 6. The van der Waals surface area contributed by atoms with E-state index in [0.717, 1.165) is 93.5 Å². The lowest BCUT2D eigenvalue weighted by Gasteiger charge is -2.20. The first-order chi connectivity index (χ1) is 26.3. The Balaban J connectivity index is 1.27. The number of nitrogens with one attached hydrogen (secondary N) is 2. The van der Waals surface area contributed by atoms with Crippen molar-refractivity contribution in [3.8, 4) is 0 Å². The number of aryl methyl sites for hydroxylation is 2. The Labute approximate surface area is 315 Å². The van der Waals surface area contributed by atoms with Gasteiger partial charge in [0.15, 0.2) is 0 Å². The van der Waals surface area contributed by atoms with E-state index in [1.54, 1.807) is 0 Å². The predicted octanol–water partition coefficient (Wildman–Crippen LogP) is 8.36. The minimum absolute atomic E-state index is 0.220. The summed E-state index contributed by atoms with van der Waals surface area (Å²) in [4.78, 5) is 43.5. The van der Waals surface area contributed by atoms with Crippen LogP contribution in [-0.4, -0.2) is 47.5 Å². The molecule has 2 aromatic heterocycles. The van der Waals surface area contributed by atoms with Crippen LogP contribution in [0.4, 0.5) is 0 Å². The van der Waals surface area contributed by atoms with Crippen molar-refractivity contribution in [2.75, 3.05) is 14.2 Å². The van der Waals surface area contributed by atoms with Gasteiger partial charge in [-0.2, -0.15) is 0 Å². The number of esters is 2. The van der Waals surface area contributed by atoms with Gasteiger partial charge >= 0.3 is 11.9 Å². The van der Waals surface area contributed by atoms with Crippen LogP contribution in [0, 0.1) is 13.8 Å². The van der Waals surface area contributed by atoms with Crippen molar-refractivity contribution < 1.29 is 19.1 Å². The van der Waals surface area contributed by atoms with Crippen LogP contribution < -0.4 is 0 Å². The first-order valence-electron chi connectivity index (χ1n) is 19.1. The van der Waals surface area contributed by atoms with Crippen molar-refractivity contribution in [2.45, 2.75) is 78.1 Å². The average molecular weight is 717 g/mol. The van der Waals surface area contributed by atoms with Gasteiger partial charge in [0.25, 0.3) is 0 Å². The lowest BCUT2D eigenvalue weighted by atomic mass is 9.83. The third-order valence-electron chi connectivity index (χ3n) is 12.1. The summed E-state index contributed by atoms with van der Waals surface area (Å²) in [6.45, 7) is 4.30. The number of benzene rings is 2. The number of aliphatic imine (C=N–C) groups is 2. The summed E-state index contributed by atoms with van der Waals surface area (Å²) in [5, 5.41) is 0. The highest BCUT2D eigenvalue weighted by Gasteiger charge is 2.34. The summed E-state index contributed by atoms with van der Waals surface area (Å²) in [6, 6.07) is 17.4. The van der Waals surface area contributed by atoms with Gasteiger partial charge in [0, 0.05) is 59.6 Å². The molecule has 2 N–H and O–H groups in total. The summed E-state index contributed by atoms with van der Waals surface area (Å²) >= 11 is 0. The normalized spacial score (nSPS) is 18.7. The van der Waals surface area contributed by atoms with E-state index < -0.39 is 0 Å². The van der Waals surface area contributed by atoms with Crippen LogP contribution >= 0.6 is 0 Å². The Kier molecular flexibility index (Phi) is 8.56. The minimum Gasteiger partial charge on any atom is -0.469 e. The van der Waals surface area contributed by atoms with Gasteiger partial charge < -0.3 is 19.4 Å². The van der Waals surface area contributed by atoms with Crippen molar-refractivity contribution in [1.82, 2.24) is 9.97 Å². The topological polar surface area (TPSA) is 109 Å². The number of hydrogen-bond donors (Lipinski definition) is 2. The Bertz CT molecular complexity index is 2300. The highest BCUT2D eigenvalue weighted by molar-refractivity contribution is 6.18. The molecule has 0 saturated heterocycles. The monoisotopic (exact) mass is 716 g/mol. The zero-order valence-electron chi connectivity index (χ0n) is 31.4. The molecule has 0 radical (unpaired) electrons. The maximum atomic E-state index is 12.5. The second-order valence-corrected chi connectivity index (χ2v) is 14.9. The summed E-state index contributed by atoms with van der Waals surface area (Å²) in [5.41, 5.74) is 22.8.